The van der Waals surface area contributed by atoms with Gasteiger partial charge in [-0.1, -0.05) is 25.1 Å². The molecule has 3 heteroatoms. The molecule has 20 heavy (non-hydrogen) atoms. The van der Waals surface area contributed by atoms with Crippen molar-refractivity contribution < 1.29 is 5.11 Å². The molecule has 1 N–H and O–H groups in total. The number of aromatic nitrogens is 2. The van der Waals surface area contributed by atoms with E-state index in [1.165, 1.54) is 0 Å². The van der Waals surface area contributed by atoms with Gasteiger partial charge in [0.15, 0.2) is 0 Å². The Morgan fingerprint density at radius 3 is 2.40 bits per heavy atom. The van der Waals surface area contributed by atoms with Gasteiger partial charge in [0.2, 0.25) is 0 Å². The van der Waals surface area contributed by atoms with Crippen LogP contribution in [0.4, 0.5) is 0 Å². The molecule has 0 saturated heterocycles. The van der Waals surface area contributed by atoms with Crippen LogP contribution in [0.1, 0.15) is 48.0 Å². The summed E-state index contributed by atoms with van der Waals surface area (Å²) in [6.45, 7) is 9.14. The van der Waals surface area contributed by atoms with Crippen LogP contribution in [-0.2, 0) is 19.4 Å². The van der Waals surface area contributed by atoms with E-state index in [1.807, 2.05) is 10.7 Å². The van der Waals surface area contributed by atoms with Crippen molar-refractivity contribution in [3.8, 4) is 0 Å². The number of nitrogens with zero attached hydrogens (tertiary/aromatic N) is 2. The van der Waals surface area contributed by atoms with Crippen LogP contribution < -0.4 is 0 Å². The summed E-state index contributed by atoms with van der Waals surface area (Å²) in [5.41, 5.74) is 5.55. The molecule has 3 nitrogen and oxygen atoms in total. The Morgan fingerprint density at radius 1 is 1.20 bits per heavy atom. The van der Waals surface area contributed by atoms with E-state index in [0.717, 1.165) is 41.0 Å². The third-order valence-corrected chi connectivity index (χ3v) is 3.85. The molecule has 0 aliphatic heterocycles. The van der Waals surface area contributed by atoms with Gasteiger partial charge in [-0.25, -0.2) is 0 Å². The van der Waals surface area contributed by atoms with Gasteiger partial charge in [0.1, 0.15) is 0 Å². The van der Waals surface area contributed by atoms with Crippen molar-refractivity contribution in [1.82, 2.24) is 9.78 Å². The van der Waals surface area contributed by atoms with Gasteiger partial charge in [0, 0.05) is 18.7 Å². The van der Waals surface area contributed by atoms with Gasteiger partial charge >= 0.3 is 0 Å². The van der Waals surface area contributed by atoms with Crippen molar-refractivity contribution in [3.05, 3.63) is 52.3 Å². The van der Waals surface area contributed by atoms with Gasteiger partial charge < -0.3 is 5.11 Å². The Hall–Kier alpha value is -1.61. The molecule has 1 heterocycles. The highest BCUT2D eigenvalue weighted by atomic mass is 16.3. The fourth-order valence-electron chi connectivity index (χ4n) is 2.78. The van der Waals surface area contributed by atoms with Crippen molar-refractivity contribution >= 4 is 0 Å². The van der Waals surface area contributed by atoms with Crippen molar-refractivity contribution in [1.29, 1.82) is 0 Å². The van der Waals surface area contributed by atoms with Crippen molar-refractivity contribution in [2.24, 2.45) is 0 Å². The average molecular weight is 272 g/mol. The lowest BCUT2D eigenvalue weighted by Crippen LogP contribution is -2.10. The lowest BCUT2D eigenvalue weighted by molar-refractivity contribution is 0.174. The summed E-state index contributed by atoms with van der Waals surface area (Å²) >= 11 is 0. The SMILES string of the molecule is CCc1cc(CC(O)c2c(C)cccc2C)n(CC)n1. The minimum Gasteiger partial charge on any atom is -0.388 e. The summed E-state index contributed by atoms with van der Waals surface area (Å²) in [6.07, 6.45) is 1.08. The highest BCUT2D eigenvalue weighted by Crippen LogP contribution is 2.25. The molecule has 2 aromatic rings. The topological polar surface area (TPSA) is 38.0 Å². The molecule has 1 aromatic heterocycles. The summed E-state index contributed by atoms with van der Waals surface area (Å²) in [5, 5.41) is 15.1. The molecule has 0 aliphatic rings. The maximum Gasteiger partial charge on any atom is 0.0850 e. The molecule has 108 valence electrons. The lowest BCUT2D eigenvalue weighted by Gasteiger charge is -2.17. The number of aryl methyl sites for hydroxylation is 4. The first-order valence-corrected chi connectivity index (χ1v) is 7.36. The van der Waals surface area contributed by atoms with Gasteiger partial charge in [0.05, 0.1) is 11.8 Å². The minimum atomic E-state index is -0.470. The summed E-state index contributed by atoms with van der Waals surface area (Å²) in [7, 11) is 0. The molecule has 0 spiro atoms. The van der Waals surface area contributed by atoms with Crippen molar-refractivity contribution in [2.45, 2.75) is 53.2 Å². The third kappa shape index (κ3) is 2.93. The first kappa shape index (κ1) is 14.8. The summed E-state index contributed by atoms with van der Waals surface area (Å²) in [6, 6.07) is 8.26. The Labute approximate surface area is 121 Å². The number of benzene rings is 1. The first-order valence-electron chi connectivity index (χ1n) is 7.36. The summed E-state index contributed by atoms with van der Waals surface area (Å²) in [5.74, 6) is 0. The maximum atomic E-state index is 10.6. The van der Waals surface area contributed by atoms with E-state index in [0.29, 0.717) is 6.42 Å². The molecule has 0 saturated carbocycles. The van der Waals surface area contributed by atoms with Crippen LogP contribution in [0.3, 0.4) is 0 Å². The van der Waals surface area contributed by atoms with Gasteiger partial charge in [-0.05, 0) is 49.9 Å². The van der Waals surface area contributed by atoms with E-state index < -0.39 is 6.10 Å². The zero-order valence-electron chi connectivity index (χ0n) is 12.8. The smallest absolute Gasteiger partial charge is 0.0850 e. The monoisotopic (exact) mass is 272 g/mol. The molecule has 0 radical (unpaired) electrons. The van der Waals surface area contributed by atoms with Crippen LogP contribution in [0.25, 0.3) is 0 Å². The van der Waals surface area contributed by atoms with Gasteiger partial charge in [-0.15, -0.1) is 0 Å². The summed E-state index contributed by atoms with van der Waals surface area (Å²) in [4.78, 5) is 0. The van der Waals surface area contributed by atoms with E-state index >= 15 is 0 Å². The van der Waals surface area contributed by atoms with Crippen molar-refractivity contribution in [2.75, 3.05) is 0 Å². The van der Waals surface area contributed by atoms with Crippen LogP contribution in [0.15, 0.2) is 24.3 Å². The van der Waals surface area contributed by atoms with Crippen molar-refractivity contribution in [3.63, 3.8) is 0 Å². The largest absolute Gasteiger partial charge is 0.388 e. The Kier molecular flexibility index (Phi) is 4.61. The number of aliphatic hydroxyl groups excluding tert-OH is 1. The molecule has 0 amide bonds. The summed E-state index contributed by atoms with van der Waals surface area (Å²) < 4.78 is 2.00. The number of hydrogen-bond acceptors (Lipinski definition) is 2. The Bertz CT molecular complexity index is 566. The molecule has 0 bridgehead atoms. The van der Waals surface area contributed by atoms with E-state index in [1.54, 1.807) is 0 Å². The van der Waals surface area contributed by atoms with E-state index in [-0.39, 0.29) is 0 Å². The quantitative estimate of drug-likeness (QED) is 0.906. The zero-order chi connectivity index (χ0) is 14.7. The number of hydrogen-bond donors (Lipinski definition) is 1. The highest BCUT2D eigenvalue weighted by Gasteiger charge is 2.16. The normalized spacial score (nSPS) is 12.7. The van der Waals surface area contributed by atoms with E-state index in [9.17, 15) is 5.11 Å². The predicted octanol–water partition coefficient (Wildman–Crippen LogP) is 3.36. The standard InChI is InChI=1S/C17H24N2O/c1-5-14-10-15(19(6-2)18-14)11-16(20)17-12(3)8-7-9-13(17)4/h7-10,16,20H,5-6,11H2,1-4H3. The highest BCUT2D eigenvalue weighted by molar-refractivity contribution is 5.36. The fourth-order valence-corrected chi connectivity index (χ4v) is 2.78. The minimum absolute atomic E-state index is 0.470. The average Bonchev–Trinajstić information content (AvgIpc) is 2.80. The van der Waals surface area contributed by atoms with Crippen LogP contribution in [-0.4, -0.2) is 14.9 Å². The first-order chi connectivity index (χ1) is 9.56. The maximum absolute atomic E-state index is 10.6. The Morgan fingerprint density at radius 2 is 1.85 bits per heavy atom. The molecule has 0 fully saturated rings. The lowest BCUT2D eigenvalue weighted by atomic mass is 9.95. The van der Waals surface area contributed by atoms with Gasteiger partial charge in [-0.3, -0.25) is 4.68 Å². The van der Waals surface area contributed by atoms with Gasteiger partial charge in [0.25, 0.3) is 0 Å². The predicted molar refractivity (Wildman–Crippen MR) is 81.9 cm³/mol. The molecule has 0 aliphatic carbocycles. The molecular weight excluding hydrogens is 248 g/mol. The van der Waals surface area contributed by atoms with Crippen LogP contribution >= 0.6 is 0 Å². The van der Waals surface area contributed by atoms with Crippen LogP contribution in [0, 0.1) is 13.8 Å². The zero-order valence-corrected chi connectivity index (χ0v) is 12.8. The van der Waals surface area contributed by atoms with Crippen LogP contribution in [0.2, 0.25) is 0 Å². The van der Waals surface area contributed by atoms with Crippen LogP contribution in [0.5, 0.6) is 0 Å². The number of aliphatic hydroxyl groups is 1. The second kappa shape index (κ2) is 6.23. The molecule has 1 unspecified atom stereocenters. The van der Waals surface area contributed by atoms with E-state index in [2.05, 4.69) is 51.0 Å². The second-order valence-electron chi connectivity index (χ2n) is 5.32. The molecule has 2 rings (SSSR count). The Balaban J connectivity index is 2.27. The molecule has 1 atom stereocenters. The van der Waals surface area contributed by atoms with E-state index in [4.69, 9.17) is 0 Å². The fraction of sp³-hybridized carbons (Fsp3) is 0.471. The second-order valence-corrected chi connectivity index (χ2v) is 5.32. The number of rotatable bonds is 5. The molecule has 1 aromatic carbocycles. The third-order valence-electron chi connectivity index (χ3n) is 3.85. The molecular formula is C17H24N2O. The van der Waals surface area contributed by atoms with Gasteiger partial charge in [-0.2, -0.15) is 5.10 Å².